The first-order chi connectivity index (χ1) is 7.65. The van der Waals surface area contributed by atoms with Crippen LogP contribution in [0.2, 0.25) is 0 Å². The molecule has 0 spiro atoms. The first-order valence-corrected chi connectivity index (χ1v) is 4.89. The van der Waals surface area contributed by atoms with Gasteiger partial charge in [0.1, 0.15) is 0 Å². The Bertz CT molecular complexity index is 367. The highest BCUT2D eigenvalue weighted by Gasteiger charge is 2.18. The predicted molar refractivity (Wildman–Crippen MR) is 55.6 cm³/mol. The van der Waals surface area contributed by atoms with E-state index in [1.165, 1.54) is 25.5 Å². The van der Waals surface area contributed by atoms with E-state index in [1.807, 2.05) is 0 Å². The number of nitrogens with one attached hydrogen (secondary N) is 1. The van der Waals surface area contributed by atoms with Crippen molar-refractivity contribution in [2.45, 2.75) is 20.0 Å². The first kappa shape index (κ1) is 12.1. The Morgan fingerprint density at radius 2 is 2.25 bits per heavy atom. The molecule has 1 aromatic rings. The molecule has 0 aliphatic rings. The molecule has 0 bridgehead atoms. The minimum atomic E-state index is -0.838. The molecule has 1 N–H and O–H groups in total. The maximum absolute atomic E-state index is 11.5. The van der Waals surface area contributed by atoms with Gasteiger partial charge in [-0.2, -0.15) is 0 Å². The van der Waals surface area contributed by atoms with Crippen LogP contribution >= 0.6 is 0 Å². The summed E-state index contributed by atoms with van der Waals surface area (Å²) < 4.78 is 4.90. The van der Waals surface area contributed by atoms with Crippen LogP contribution in [0.4, 0.5) is 0 Å². The van der Waals surface area contributed by atoms with Gasteiger partial charge in [-0.15, -0.1) is 0 Å². The Hall–Kier alpha value is -1.98. The number of ether oxygens (including phenoxy) is 1. The Balaban J connectivity index is 2.55. The SMILES string of the molecule is CCNC(=O)[C@@H](C)OC(=O)c1cnccn1. The minimum absolute atomic E-state index is 0.0821. The molecule has 0 aromatic carbocycles. The molecule has 0 saturated carbocycles. The lowest BCUT2D eigenvalue weighted by molar-refractivity contribution is -0.128. The van der Waals surface area contributed by atoms with Gasteiger partial charge in [0.15, 0.2) is 11.8 Å². The normalized spacial score (nSPS) is 11.6. The van der Waals surface area contributed by atoms with Crippen LogP contribution in [-0.2, 0) is 9.53 Å². The Labute approximate surface area is 93.0 Å². The highest BCUT2D eigenvalue weighted by molar-refractivity contribution is 5.90. The summed E-state index contributed by atoms with van der Waals surface area (Å²) in [7, 11) is 0. The summed E-state index contributed by atoms with van der Waals surface area (Å²) in [6, 6.07) is 0. The maximum atomic E-state index is 11.5. The quantitative estimate of drug-likeness (QED) is 0.735. The van der Waals surface area contributed by atoms with E-state index in [0.717, 1.165) is 0 Å². The smallest absolute Gasteiger partial charge is 0.359 e. The van der Waals surface area contributed by atoms with E-state index in [4.69, 9.17) is 4.74 Å². The fraction of sp³-hybridized carbons (Fsp3) is 0.400. The standard InChI is InChI=1S/C10H13N3O3/c1-3-12-9(14)7(2)16-10(15)8-6-11-4-5-13-8/h4-7H,3H2,1-2H3,(H,12,14)/t7-/m1/s1. The molecule has 0 fully saturated rings. The molecule has 1 atom stereocenters. The van der Waals surface area contributed by atoms with Gasteiger partial charge in [-0.1, -0.05) is 0 Å². The van der Waals surface area contributed by atoms with Crippen LogP contribution in [0.1, 0.15) is 24.3 Å². The number of amides is 1. The van der Waals surface area contributed by atoms with Crippen molar-refractivity contribution < 1.29 is 14.3 Å². The molecule has 16 heavy (non-hydrogen) atoms. The second kappa shape index (κ2) is 5.79. The molecule has 6 heteroatoms. The topological polar surface area (TPSA) is 81.2 Å². The van der Waals surface area contributed by atoms with E-state index >= 15 is 0 Å². The van der Waals surface area contributed by atoms with Gasteiger partial charge in [-0.25, -0.2) is 9.78 Å². The molecule has 6 nitrogen and oxygen atoms in total. The van der Waals surface area contributed by atoms with Crippen LogP contribution in [0.5, 0.6) is 0 Å². The van der Waals surface area contributed by atoms with E-state index in [-0.39, 0.29) is 11.6 Å². The second-order valence-electron chi connectivity index (χ2n) is 3.03. The third kappa shape index (κ3) is 3.30. The highest BCUT2D eigenvalue weighted by Crippen LogP contribution is 1.99. The van der Waals surface area contributed by atoms with Crippen molar-refractivity contribution in [3.05, 3.63) is 24.3 Å². The van der Waals surface area contributed by atoms with Crippen molar-refractivity contribution >= 4 is 11.9 Å². The first-order valence-electron chi connectivity index (χ1n) is 4.89. The lowest BCUT2D eigenvalue weighted by Gasteiger charge is -2.11. The molecule has 1 amide bonds. The molecule has 0 aliphatic carbocycles. The number of nitrogens with zero attached hydrogens (tertiary/aromatic N) is 2. The summed E-state index contributed by atoms with van der Waals surface area (Å²) in [6.07, 6.45) is 3.28. The molecule has 1 aromatic heterocycles. The average molecular weight is 223 g/mol. The van der Waals surface area contributed by atoms with Crippen molar-refractivity contribution in [3.63, 3.8) is 0 Å². The van der Waals surface area contributed by atoms with Gasteiger partial charge in [-0.05, 0) is 13.8 Å². The number of hydrogen-bond donors (Lipinski definition) is 1. The van der Waals surface area contributed by atoms with Gasteiger partial charge in [0.2, 0.25) is 0 Å². The van der Waals surface area contributed by atoms with E-state index in [9.17, 15) is 9.59 Å². The van der Waals surface area contributed by atoms with E-state index in [2.05, 4.69) is 15.3 Å². The number of carbonyl (C=O) groups excluding carboxylic acids is 2. The summed E-state index contributed by atoms with van der Waals surface area (Å²) >= 11 is 0. The largest absolute Gasteiger partial charge is 0.448 e. The predicted octanol–water partition coefficient (Wildman–Crippen LogP) is 0.158. The van der Waals surface area contributed by atoms with E-state index in [0.29, 0.717) is 6.54 Å². The molecule has 0 saturated heterocycles. The third-order valence-corrected chi connectivity index (χ3v) is 1.78. The number of likely N-dealkylation sites (N-methyl/N-ethyl adjacent to an activating group) is 1. The number of hydrogen-bond acceptors (Lipinski definition) is 5. The fourth-order valence-electron chi connectivity index (χ4n) is 0.997. The average Bonchev–Trinajstić information content (AvgIpc) is 2.30. The fourth-order valence-corrected chi connectivity index (χ4v) is 0.997. The molecule has 1 heterocycles. The Morgan fingerprint density at radius 3 is 2.81 bits per heavy atom. The van der Waals surface area contributed by atoms with Crippen molar-refractivity contribution in [2.24, 2.45) is 0 Å². The summed E-state index contributed by atoms with van der Waals surface area (Å²) in [5.41, 5.74) is 0.0821. The number of aromatic nitrogens is 2. The third-order valence-electron chi connectivity index (χ3n) is 1.78. The lowest BCUT2D eigenvalue weighted by Crippen LogP contribution is -2.35. The molecule has 86 valence electrons. The lowest BCUT2D eigenvalue weighted by atomic mass is 10.3. The van der Waals surface area contributed by atoms with E-state index in [1.54, 1.807) is 6.92 Å². The van der Waals surface area contributed by atoms with Gasteiger partial charge in [0.25, 0.3) is 5.91 Å². The van der Waals surface area contributed by atoms with Crippen LogP contribution in [0.15, 0.2) is 18.6 Å². The summed E-state index contributed by atoms with van der Waals surface area (Å²) in [5.74, 6) is -0.994. The van der Waals surface area contributed by atoms with Crippen molar-refractivity contribution in [1.29, 1.82) is 0 Å². The number of rotatable bonds is 4. The zero-order chi connectivity index (χ0) is 12.0. The van der Waals surface area contributed by atoms with Crippen LogP contribution in [-0.4, -0.2) is 34.5 Å². The minimum Gasteiger partial charge on any atom is -0.448 e. The summed E-state index contributed by atoms with van der Waals surface area (Å²) in [5, 5.41) is 2.55. The monoisotopic (exact) mass is 223 g/mol. The van der Waals surface area contributed by atoms with Gasteiger partial charge < -0.3 is 10.1 Å². The van der Waals surface area contributed by atoms with Gasteiger partial charge in [0.05, 0.1) is 6.20 Å². The van der Waals surface area contributed by atoms with Crippen LogP contribution in [0.3, 0.4) is 0 Å². The van der Waals surface area contributed by atoms with Gasteiger partial charge >= 0.3 is 5.97 Å². The molecule has 0 unspecified atom stereocenters. The van der Waals surface area contributed by atoms with Crippen LogP contribution < -0.4 is 5.32 Å². The van der Waals surface area contributed by atoms with Crippen molar-refractivity contribution in [1.82, 2.24) is 15.3 Å². The Kier molecular flexibility index (Phi) is 4.38. The van der Waals surface area contributed by atoms with Crippen molar-refractivity contribution in [3.8, 4) is 0 Å². The summed E-state index contributed by atoms with van der Waals surface area (Å²) in [6.45, 7) is 3.78. The van der Waals surface area contributed by atoms with Crippen molar-refractivity contribution in [2.75, 3.05) is 6.54 Å². The molecular weight excluding hydrogens is 210 g/mol. The van der Waals surface area contributed by atoms with Crippen LogP contribution in [0, 0.1) is 0 Å². The zero-order valence-electron chi connectivity index (χ0n) is 9.14. The molecule has 1 rings (SSSR count). The highest BCUT2D eigenvalue weighted by atomic mass is 16.5. The van der Waals surface area contributed by atoms with Gasteiger partial charge in [-0.3, -0.25) is 9.78 Å². The molecular formula is C10H13N3O3. The van der Waals surface area contributed by atoms with E-state index < -0.39 is 12.1 Å². The molecule has 0 radical (unpaired) electrons. The van der Waals surface area contributed by atoms with Gasteiger partial charge in [0, 0.05) is 18.9 Å². The number of esters is 1. The second-order valence-corrected chi connectivity index (χ2v) is 3.03. The van der Waals surface area contributed by atoms with Crippen LogP contribution in [0.25, 0.3) is 0 Å². The zero-order valence-corrected chi connectivity index (χ0v) is 9.14. The Morgan fingerprint density at radius 1 is 1.50 bits per heavy atom. The number of carbonyl (C=O) groups is 2. The summed E-state index contributed by atoms with van der Waals surface area (Å²) in [4.78, 5) is 30.2. The molecule has 0 aliphatic heterocycles. The maximum Gasteiger partial charge on any atom is 0.359 e.